The average Bonchev–Trinajstić information content (AvgIpc) is 3.22. The van der Waals surface area contributed by atoms with Crippen LogP contribution < -0.4 is 20.2 Å². The monoisotopic (exact) mass is 422 g/mol. The van der Waals surface area contributed by atoms with Gasteiger partial charge in [0.1, 0.15) is 24.1 Å². The fraction of sp³-hybridized carbons (Fsp3) is 0.304. The molecule has 2 aliphatic rings. The van der Waals surface area contributed by atoms with Crippen molar-refractivity contribution in [2.45, 2.75) is 25.4 Å². The van der Waals surface area contributed by atoms with Crippen LogP contribution in [0.5, 0.6) is 11.5 Å². The Morgan fingerprint density at radius 2 is 1.81 bits per heavy atom. The number of amides is 2. The summed E-state index contributed by atoms with van der Waals surface area (Å²) in [5.41, 5.74) is 5.09. The Morgan fingerprint density at radius 1 is 1.10 bits per heavy atom. The van der Waals surface area contributed by atoms with Gasteiger partial charge in [-0.3, -0.25) is 9.59 Å². The molecule has 162 valence electrons. The lowest BCUT2D eigenvalue weighted by Crippen LogP contribution is -2.49. The number of carbonyl (C=O) groups excluding carboxylic acids is 2. The molecule has 2 amide bonds. The van der Waals surface area contributed by atoms with Crippen LogP contribution in [0.25, 0.3) is 0 Å². The normalized spacial score (nSPS) is 19.9. The summed E-state index contributed by atoms with van der Waals surface area (Å²) in [5, 5.41) is 4.64. The summed E-state index contributed by atoms with van der Waals surface area (Å²) < 4.78 is 10.6. The predicted octanol–water partition coefficient (Wildman–Crippen LogP) is 2.67. The lowest BCUT2D eigenvalue weighted by Gasteiger charge is -2.31. The van der Waals surface area contributed by atoms with E-state index in [0.717, 1.165) is 17.1 Å². The van der Waals surface area contributed by atoms with Crippen molar-refractivity contribution in [1.82, 2.24) is 15.3 Å². The van der Waals surface area contributed by atoms with E-state index in [4.69, 9.17) is 9.47 Å². The number of carbonyl (C=O) groups is 2. The molecule has 0 bridgehead atoms. The van der Waals surface area contributed by atoms with E-state index in [0.29, 0.717) is 18.7 Å². The van der Waals surface area contributed by atoms with Gasteiger partial charge in [0, 0.05) is 18.1 Å². The molecule has 2 heterocycles. The summed E-state index contributed by atoms with van der Waals surface area (Å²) >= 11 is 0. The number of hydrogen-bond acceptors (Lipinski definition) is 6. The molecule has 8 heteroatoms. The summed E-state index contributed by atoms with van der Waals surface area (Å²) in [4.78, 5) is 26.9. The first kappa shape index (κ1) is 20.7. The number of ether oxygens (including phenoxy) is 2. The maximum Gasteiger partial charge on any atom is 0.251 e. The minimum atomic E-state index is -0.352. The molecule has 2 aromatic carbocycles. The van der Waals surface area contributed by atoms with Crippen molar-refractivity contribution in [3.8, 4) is 11.5 Å². The number of benzene rings is 2. The van der Waals surface area contributed by atoms with Gasteiger partial charge in [-0.25, -0.2) is 5.43 Å². The van der Waals surface area contributed by atoms with Gasteiger partial charge in [0.15, 0.2) is 0 Å². The summed E-state index contributed by atoms with van der Waals surface area (Å²) in [6.45, 7) is 2.46. The summed E-state index contributed by atoms with van der Waals surface area (Å²) in [6, 6.07) is 14.6. The SMILES string of the molecule is CCOc1ccc(NC(=O)CN2C=CN3NC(c4ccc(OC)cc4)CC3C2=O)cc1. The van der Waals surface area contributed by atoms with Crippen LogP contribution in [0.2, 0.25) is 0 Å². The molecule has 0 aliphatic carbocycles. The Kier molecular flexibility index (Phi) is 6.08. The van der Waals surface area contributed by atoms with E-state index in [9.17, 15) is 9.59 Å². The summed E-state index contributed by atoms with van der Waals surface area (Å²) in [7, 11) is 1.63. The Morgan fingerprint density at radius 3 is 2.48 bits per heavy atom. The maximum absolute atomic E-state index is 13.0. The van der Waals surface area contributed by atoms with Crippen LogP contribution in [0.3, 0.4) is 0 Å². The van der Waals surface area contributed by atoms with Crippen molar-refractivity contribution in [3.05, 3.63) is 66.5 Å². The molecule has 8 nitrogen and oxygen atoms in total. The molecule has 1 fully saturated rings. The largest absolute Gasteiger partial charge is 0.497 e. The molecule has 4 rings (SSSR count). The van der Waals surface area contributed by atoms with Crippen molar-refractivity contribution in [2.24, 2.45) is 0 Å². The van der Waals surface area contributed by atoms with E-state index >= 15 is 0 Å². The van der Waals surface area contributed by atoms with Crippen molar-refractivity contribution in [2.75, 3.05) is 25.6 Å². The lowest BCUT2D eigenvalue weighted by atomic mass is 10.0. The maximum atomic E-state index is 13.0. The molecule has 0 radical (unpaired) electrons. The molecular weight excluding hydrogens is 396 g/mol. The molecule has 0 aromatic heterocycles. The number of nitrogens with zero attached hydrogens (tertiary/aromatic N) is 2. The second-order valence-corrected chi connectivity index (χ2v) is 7.38. The van der Waals surface area contributed by atoms with Crippen molar-refractivity contribution in [3.63, 3.8) is 0 Å². The third-order valence-corrected chi connectivity index (χ3v) is 5.36. The quantitative estimate of drug-likeness (QED) is 0.714. The topological polar surface area (TPSA) is 83.1 Å². The summed E-state index contributed by atoms with van der Waals surface area (Å²) in [5.74, 6) is 1.18. The van der Waals surface area contributed by atoms with E-state index in [2.05, 4.69) is 10.7 Å². The number of rotatable bonds is 7. The van der Waals surface area contributed by atoms with Gasteiger partial charge < -0.3 is 24.7 Å². The van der Waals surface area contributed by atoms with Crippen LogP contribution in [0, 0.1) is 0 Å². The van der Waals surface area contributed by atoms with Gasteiger partial charge in [0.05, 0.1) is 19.8 Å². The fourth-order valence-electron chi connectivity index (χ4n) is 3.78. The highest BCUT2D eigenvalue weighted by molar-refractivity contribution is 5.96. The lowest BCUT2D eigenvalue weighted by molar-refractivity contribution is -0.137. The molecule has 2 atom stereocenters. The zero-order valence-corrected chi connectivity index (χ0v) is 17.6. The van der Waals surface area contributed by atoms with Crippen LogP contribution in [0.15, 0.2) is 60.9 Å². The van der Waals surface area contributed by atoms with Crippen LogP contribution in [-0.4, -0.2) is 48.0 Å². The third kappa shape index (κ3) is 4.64. The molecular formula is C23H26N4O4. The van der Waals surface area contributed by atoms with Gasteiger partial charge in [0.2, 0.25) is 5.91 Å². The second kappa shape index (κ2) is 9.09. The summed E-state index contributed by atoms with van der Waals surface area (Å²) in [6.07, 6.45) is 4.06. The highest BCUT2D eigenvalue weighted by Crippen LogP contribution is 2.31. The smallest absolute Gasteiger partial charge is 0.251 e. The zero-order valence-electron chi connectivity index (χ0n) is 17.6. The zero-order chi connectivity index (χ0) is 21.8. The van der Waals surface area contributed by atoms with E-state index in [1.54, 1.807) is 43.8 Å². The van der Waals surface area contributed by atoms with E-state index in [1.807, 2.05) is 36.2 Å². The van der Waals surface area contributed by atoms with Gasteiger partial charge in [-0.05, 0) is 55.3 Å². The van der Waals surface area contributed by atoms with Gasteiger partial charge in [-0.1, -0.05) is 12.1 Å². The first-order valence-electron chi connectivity index (χ1n) is 10.3. The highest BCUT2D eigenvalue weighted by atomic mass is 16.5. The molecule has 2 aromatic rings. The molecule has 2 N–H and O–H groups in total. The predicted molar refractivity (Wildman–Crippen MR) is 116 cm³/mol. The Hall–Kier alpha value is -3.52. The minimum absolute atomic E-state index is 0.0159. The van der Waals surface area contributed by atoms with E-state index in [-0.39, 0.29) is 30.4 Å². The van der Waals surface area contributed by atoms with Crippen LogP contribution in [-0.2, 0) is 9.59 Å². The van der Waals surface area contributed by atoms with Crippen molar-refractivity contribution >= 4 is 17.5 Å². The molecule has 31 heavy (non-hydrogen) atoms. The van der Waals surface area contributed by atoms with Gasteiger partial charge in [-0.2, -0.15) is 0 Å². The number of fused-ring (bicyclic) bond motifs is 1. The van der Waals surface area contributed by atoms with Crippen LogP contribution in [0.1, 0.15) is 24.9 Å². The fourth-order valence-corrected chi connectivity index (χ4v) is 3.78. The van der Waals surface area contributed by atoms with Gasteiger partial charge >= 0.3 is 0 Å². The Labute approximate surface area is 181 Å². The molecule has 0 saturated carbocycles. The van der Waals surface area contributed by atoms with Crippen LogP contribution >= 0.6 is 0 Å². The third-order valence-electron chi connectivity index (χ3n) is 5.36. The molecule has 0 spiro atoms. The standard InChI is InChI=1S/C23H26N4O4/c1-3-31-19-10-6-17(7-11-19)24-22(28)15-26-12-13-27-21(23(26)29)14-20(25-27)16-4-8-18(30-2)9-5-16/h4-13,20-21,25H,3,14-15H2,1-2H3,(H,24,28). The van der Waals surface area contributed by atoms with E-state index < -0.39 is 0 Å². The van der Waals surface area contributed by atoms with Gasteiger partial charge in [-0.15, -0.1) is 0 Å². The highest BCUT2D eigenvalue weighted by Gasteiger charge is 2.40. The number of nitrogens with one attached hydrogen (secondary N) is 2. The van der Waals surface area contributed by atoms with Crippen LogP contribution in [0.4, 0.5) is 5.69 Å². The number of methoxy groups -OCH3 is 1. The van der Waals surface area contributed by atoms with E-state index in [1.165, 1.54) is 4.90 Å². The Bertz CT molecular complexity index is 959. The van der Waals surface area contributed by atoms with Crippen molar-refractivity contribution in [1.29, 1.82) is 0 Å². The van der Waals surface area contributed by atoms with Crippen molar-refractivity contribution < 1.29 is 19.1 Å². The number of hydrazine groups is 1. The minimum Gasteiger partial charge on any atom is -0.497 e. The number of hydrogen-bond donors (Lipinski definition) is 2. The average molecular weight is 422 g/mol. The van der Waals surface area contributed by atoms with Gasteiger partial charge in [0.25, 0.3) is 5.91 Å². The first-order chi connectivity index (χ1) is 15.1. The molecule has 2 unspecified atom stereocenters. The molecule has 2 aliphatic heterocycles. The Balaban J connectivity index is 1.35. The first-order valence-corrected chi connectivity index (χ1v) is 10.3. The molecule has 1 saturated heterocycles. The second-order valence-electron chi connectivity index (χ2n) is 7.38. The number of anilines is 1.